The minimum absolute atomic E-state index is 0.0322. The van der Waals surface area contributed by atoms with Gasteiger partial charge in [0.25, 0.3) is 0 Å². The molecule has 0 spiro atoms. The smallest absolute Gasteiger partial charge is 0.234 e. The summed E-state index contributed by atoms with van der Waals surface area (Å²) in [7, 11) is 1.64. The van der Waals surface area contributed by atoms with Crippen molar-refractivity contribution >= 4 is 5.91 Å². The minimum atomic E-state index is -0.0322. The third kappa shape index (κ3) is 6.48. The SMILES string of the molecule is COc1ccccc1CNC(=O)CN1CCCCCOc2ccccc2Oc2ncccc2C1. The van der Waals surface area contributed by atoms with E-state index in [1.807, 2.05) is 60.7 Å². The summed E-state index contributed by atoms with van der Waals surface area (Å²) in [5.41, 5.74) is 1.87. The fourth-order valence-corrected chi connectivity index (χ4v) is 3.95. The summed E-state index contributed by atoms with van der Waals surface area (Å²) in [6, 6.07) is 19.2. The van der Waals surface area contributed by atoms with Crippen molar-refractivity contribution in [1.29, 1.82) is 0 Å². The monoisotopic (exact) mass is 461 g/mol. The molecule has 1 aromatic heterocycles. The normalized spacial score (nSPS) is 14.6. The second kappa shape index (κ2) is 12.0. The van der Waals surface area contributed by atoms with E-state index in [9.17, 15) is 4.79 Å². The fourth-order valence-electron chi connectivity index (χ4n) is 3.95. The Morgan fingerprint density at radius 2 is 1.85 bits per heavy atom. The highest BCUT2D eigenvalue weighted by Gasteiger charge is 2.17. The third-order valence-corrected chi connectivity index (χ3v) is 5.71. The molecule has 0 saturated carbocycles. The Bertz CT molecular complexity index is 1090. The molecule has 0 unspecified atom stereocenters. The van der Waals surface area contributed by atoms with Crippen LogP contribution in [0.1, 0.15) is 30.4 Å². The van der Waals surface area contributed by atoms with Crippen LogP contribution in [0.2, 0.25) is 0 Å². The van der Waals surface area contributed by atoms with E-state index in [0.29, 0.717) is 37.1 Å². The van der Waals surface area contributed by atoms with Crippen molar-refractivity contribution in [2.75, 3.05) is 26.8 Å². The first-order chi connectivity index (χ1) is 16.7. The Hall–Kier alpha value is -3.58. The zero-order valence-electron chi connectivity index (χ0n) is 19.5. The predicted molar refractivity (Wildman–Crippen MR) is 130 cm³/mol. The van der Waals surface area contributed by atoms with Gasteiger partial charge in [-0.2, -0.15) is 0 Å². The summed E-state index contributed by atoms with van der Waals surface area (Å²) in [5.74, 6) is 2.62. The molecule has 0 radical (unpaired) electrons. The van der Waals surface area contributed by atoms with E-state index in [2.05, 4.69) is 15.2 Å². The van der Waals surface area contributed by atoms with E-state index in [-0.39, 0.29) is 12.5 Å². The molecular weight excluding hydrogens is 430 g/mol. The number of nitrogens with zero attached hydrogens (tertiary/aromatic N) is 2. The van der Waals surface area contributed by atoms with E-state index in [0.717, 1.165) is 42.7 Å². The largest absolute Gasteiger partial charge is 0.496 e. The lowest BCUT2D eigenvalue weighted by atomic mass is 10.2. The number of nitrogens with one attached hydrogen (secondary N) is 1. The van der Waals surface area contributed by atoms with E-state index in [4.69, 9.17) is 14.2 Å². The first-order valence-electron chi connectivity index (χ1n) is 11.7. The summed E-state index contributed by atoms with van der Waals surface area (Å²) in [5, 5.41) is 3.03. The van der Waals surface area contributed by atoms with E-state index in [1.165, 1.54) is 0 Å². The number of amides is 1. The molecule has 0 saturated heterocycles. The second-order valence-electron chi connectivity index (χ2n) is 8.22. The van der Waals surface area contributed by atoms with Gasteiger partial charge in [0.2, 0.25) is 11.8 Å². The minimum Gasteiger partial charge on any atom is -0.496 e. The van der Waals surface area contributed by atoms with Gasteiger partial charge in [0.05, 0.1) is 20.3 Å². The first-order valence-corrected chi connectivity index (χ1v) is 11.7. The first kappa shape index (κ1) is 23.6. The van der Waals surface area contributed by atoms with Crippen LogP contribution in [0.25, 0.3) is 0 Å². The maximum atomic E-state index is 12.8. The highest BCUT2D eigenvalue weighted by Crippen LogP contribution is 2.32. The number of ether oxygens (including phenoxy) is 3. The molecule has 0 aliphatic carbocycles. The Morgan fingerprint density at radius 3 is 2.74 bits per heavy atom. The van der Waals surface area contributed by atoms with E-state index in [1.54, 1.807) is 13.3 Å². The van der Waals surface area contributed by atoms with Gasteiger partial charge >= 0.3 is 0 Å². The van der Waals surface area contributed by atoms with Gasteiger partial charge in [-0.1, -0.05) is 36.4 Å². The zero-order chi connectivity index (χ0) is 23.6. The Kier molecular flexibility index (Phi) is 8.35. The summed E-state index contributed by atoms with van der Waals surface area (Å²) in [6.07, 6.45) is 4.64. The molecule has 0 bridgehead atoms. The van der Waals surface area contributed by atoms with Crippen molar-refractivity contribution in [3.63, 3.8) is 0 Å². The summed E-state index contributed by atoms with van der Waals surface area (Å²) in [4.78, 5) is 19.4. The highest BCUT2D eigenvalue weighted by molar-refractivity contribution is 5.78. The summed E-state index contributed by atoms with van der Waals surface area (Å²) >= 11 is 0. The molecule has 7 nitrogen and oxygen atoms in total. The van der Waals surface area contributed by atoms with Crippen LogP contribution in [0, 0.1) is 0 Å². The maximum Gasteiger partial charge on any atom is 0.234 e. The number of fused-ring (bicyclic) bond motifs is 2. The molecule has 1 amide bonds. The maximum absolute atomic E-state index is 12.8. The van der Waals surface area contributed by atoms with E-state index >= 15 is 0 Å². The molecule has 0 atom stereocenters. The third-order valence-electron chi connectivity index (χ3n) is 5.71. The molecule has 1 aliphatic rings. The lowest BCUT2D eigenvalue weighted by Crippen LogP contribution is -2.37. The van der Waals surface area contributed by atoms with Gasteiger partial charge in [-0.05, 0) is 50.1 Å². The van der Waals surface area contributed by atoms with Crippen molar-refractivity contribution in [3.05, 3.63) is 78.0 Å². The van der Waals surface area contributed by atoms with Crippen LogP contribution in [0.5, 0.6) is 23.1 Å². The highest BCUT2D eigenvalue weighted by atomic mass is 16.5. The molecule has 2 heterocycles. The van der Waals surface area contributed by atoms with Crippen molar-refractivity contribution < 1.29 is 19.0 Å². The van der Waals surface area contributed by atoms with Crippen molar-refractivity contribution in [3.8, 4) is 23.1 Å². The van der Waals surface area contributed by atoms with Crippen LogP contribution in [0.4, 0.5) is 0 Å². The van der Waals surface area contributed by atoms with Gasteiger partial charge in [-0.3, -0.25) is 9.69 Å². The Labute approximate surface area is 200 Å². The van der Waals surface area contributed by atoms with Crippen LogP contribution in [0.3, 0.4) is 0 Å². The molecule has 2 aromatic carbocycles. The summed E-state index contributed by atoms with van der Waals surface area (Å²) < 4.78 is 17.5. The number of para-hydroxylation sites is 3. The van der Waals surface area contributed by atoms with Crippen LogP contribution >= 0.6 is 0 Å². The lowest BCUT2D eigenvalue weighted by Gasteiger charge is -2.23. The van der Waals surface area contributed by atoms with Gasteiger partial charge in [-0.15, -0.1) is 0 Å². The van der Waals surface area contributed by atoms with Crippen molar-refractivity contribution in [2.45, 2.75) is 32.4 Å². The van der Waals surface area contributed by atoms with Crippen LogP contribution in [-0.4, -0.2) is 42.6 Å². The number of rotatable bonds is 5. The number of hydrogen-bond donors (Lipinski definition) is 1. The number of carbonyl (C=O) groups excluding carboxylic acids is 1. The fraction of sp³-hybridized carbons (Fsp3) is 0.333. The number of aromatic nitrogens is 1. The Balaban J connectivity index is 1.47. The average molecular weight is 462 g/mol. The lowest BCUT2D eigenvalue weighted by molar-refractivity contribution is -0.122. The molecule has 4 rings (SSSR count). The summed E-state index contributed by atoms with van der Waals surface area (Å²) in [6.45, 7) is 2.69. The zero-order valence-corrected chi connectivity index (χ0v) is 19.5. The molecule has 1 N–H and O–H groups in total. The quantitative estimate of drug-likeness (QED) is 0.600. The van der Waals surface area contributed by atoms with Gasteiger partial charge in [0.1, 0.15) is 5.75 Å². The van der Waals surface area contributed by atoms with Gasteiger partial charge in [0, 0.05) is 30.4 Å². The molecular formula is C27H31N3O4. The van der Waals surface area contributed by atoms with Crippen LogP contribution in [-0.2, 0) is 17.9 Å². The second-order valence-corrected chi connectivity index (χ2v) is 8.22. The number of benzene rings is 2. The standard InChI is InChI=1S/C27H31N3O4/c1-32-23-12-4-3-10-21(23)18-29-26(31)20-30-16-7-2-8-17-33-24-13-5-6-14-25(24)34-27-22(19-30)11-9-15-28-27/h3-6,9-15H,2,7-8,16-20H2,1H3,(H,29,31). The van der Waals surface area contributed by atoms with Crippen molar-refractivity contribution in [1.82, 2.24) is 15.2 Å². The van der Waals surface area contributed by atoms with Crippen LogP contribution in [0.15, 0.2) is 66.9 Å². The number of methoxy groups -OCH3 is 1. The van der Waals surface area contributed by atoms with Crippen molar-refractivity contribution in [2.24, 2.45) is 0 Å². The number of pyridine rings is 1. The average Bonchev–Trinajstić information content (AvgIpc) is 2.88. The van der Waals surface area contributed by atoms with E-state index < -0.39 is 0 Å². The molecule has 7 heteroatoms. The number of carbonyl (C=O) groups is 1. The molecule has 1 aliphatic heterocycles. The molecule has 3 aromatic rings. The van der Waals surface area contributed by atoms with Gasteiger partial charge in [0.15, 0.2) is 11.5 Å². The van der Waals surface area contributed by atoms with Gasteiger partial charge in [-0.25, -0.2) is 4.98 Å². The predicted octanol–water partition coefficient (Wildman–Crippen LogP) is 4.56. The number of hydrogen-bond acceptors (Lipinski definition) is 6. The Morgan fingerprint density at radius 1 is 1.03 bits per heavy atom. The van der Waals surface area contributed by atoms with Gasteiger partial charge < -0.3 is 19.5 Å². The molecule has 0 fully saturated rings. The topological polar surface area (TPSA) is 72.9 Å². The molecule has 34 heavy (non-hydrogen) atoms. The molecule has 178 valence electrons. The van der Waals surface area contributed by atoms with Crippen LogP contribution < -0.4 is 19.5 Å².